The van der Waals surface area contributed by atoms with E-state index >= 15 is 0 Å². The number of carbonyl (C=O) groups is 2. The van der Waals surface area contributed by atoms with Crippen LogP contribution in [0.25, 0.3) is 0 Å². The van der Waals surface area contributed by atoms with Gasteiger partial charge in [-0.1, -0.05) is 30.3 Å². The van der Waals surface area contributed by atoms with Gasteiger partial charge in [-0.25, -0.2) is 0 Å². The smallest absolute Gasteiger partial charge is 0.315 e. The highest BCUT2D eigenvalue weighted by molar-refractivity contribution is 7.80. The third-order valence-electron chi connectivity index (χ3n) is 4.69. The van der Waals surface area contributed by atoms with Gasteiger partial charge in [-0.05, 0) is 24.7 Å². The molecule has 146 valence electrons. The average molecular weight is 393 g/mol. The van der Waals surface area contributed by atoms with Crippen molar-refractivity contribution in [2.75, 3.05) is 14.2 Å². The average Bonchev–Trinajstić information content (AvgIpc) is 2.64. The number of methoxy groups -OCH3 is 2. The van der Waals surface area contributed by atoms with Gasteiger partial charge in [0.1, 0.15) is 5.92 Å². The van der Waals surface area contributed by atoms with Gasteiger partial charge in [0, 0.05) is 12.3 Å². The fourth-order valence-electron chi connectivity index (χ4n) is 3.61. The van der Waals surface area contributed by atoms with E-state index in [1.807, 2.05) is 6.07 Å². The van der Waals surface area contributed by atoms with E-state index in [1.54, 1.807) is 24.3 Å². The molecule has 27 heavy (non-hydrogen) atoms. The maximum atomic E-state index is 12.6. The van der Waals surface area contributed by atoms with Gasteiger partial charge in [0.15, 0.2) is 5.11 Å². The molecule has 1 aromatic carbocycles. The second kappa shape index (κ2) is 8.45. The Morgan fingerprint density at radius 3 is 2.37 bits per heavy atom. The fourth-order valence-corrected chi connectivity index (χ4v) is 3.65. The minimum Gasteiger partial charge on any atom is -0.469 e. The van der Waals surface area contributed by atoms with Crippen molar-refractivity contribution < 1.29 is 24.2 Å². The van der Waals surface area contributed by atoms with E-state index in [4.69, 9.17) is 27.4 Å². The molecule has 4 N–H and O–H groups in total. The Bertz CT molecular complexity index is 751. The second-order valence-electron chi connectivity index (χ2n) is 6.55. The number of carbonyl (C=O) groups excluding carboxylic acids is 2. The minimum absolute atomic E-state index is 0.0640. The molecule has 1 aliphatic carbocycles. The zero-order chi connectivity index (χ0) is 20.2. The van der Waals surface area contributed by atoms with E-state index in [-0.39, 0.29) is 17.2 Å². The van der Waals surface area contributed by atoms with Gasteiger partial charge >= 0.3 is 11.9 Å². The highest BCUT2D eigenvalue weighted by atomic mass is 32.1. The van der Waals surface area contributed by atoms with E-state index in [9.17, 15) is 14.7 Å². The number of aliphatic hydroxyl groups is 1. The molecule has 9 heteroatoms. The van der Waals surface area contributed by atoms with Crippen LogP contribution in [0.5, 0.6) is 0 Å². The largest absolute Gasteiger partial charge is 0.469 e. The summed E-state index contributed by atoms with van der Waals surface area (Å²) in [5, 5.41) is 15.1. The molecular formula is C18H23N3O5S. The van der Waals surface area contributed by atoms with Crippen molar-refractivity contribution in [3.63, 3.8) is 0 Å². The molecule has 0 aromatic heterocycles. The molecule has 1 fully saturated rings. The number of hydrazone groups is 1. The SMILES string of the molecule is COC(=O)C1C(=NNC(N)=S)CC(C)(O)C(C(=O)OC)C1c1ccccc1. The van der Waals surface area contributed by atoms with Crippen LogP contribution in [-0.4, -0.2) is 47.7 Å². The van der Waals surface area contributed by atoms with Gasteiger partial charge in [-0.2, -0.15) is 5.10 Å². The predicted molar refractivity (Wildman–Crippen MR) is 103 cm³/mol. The lowest BCUT2D eigenvalue weighted by molar-refractivity contribution is -0.160. The summed E-state index contributed by atoms with van der Waals surface area (Å²) in [7, 11) is 2.49. The first-order valence-electron chi connectivity index (χ1n) is 8.27. The minimum atomic E-state index is -1.52. The Labute approximate surface area is 162 Å². The second-order valence-corrected chi connectivity index (χ2v) is 6.99. The third-order valence-corrected chi connectivity index (χ3v) is 4.78. The first-order chi connectivity index (χ1) is 12.7. The number of hydrogen-bond acceptors (Lipinski definition) is 7. The summed E-state index contributed by atoms with van der Waals surface area (Å²) in [6.07, 6.45) is -0.0640. The Balaban J connectivity index is 2.67. The number of thiocarbonyl (C=S) groups is 1. The standard InChI is InChI=1S/C18H23N3O5S/c1-18(24)9-11(20-21-17(19)27)13(15(22)25-2)12(14(18)16(23)26-3)10-7-5-4-6-8-10/h4-8,12-14,24H,9H2,1-3H3,(H3,19,21,27). The number of ether oxygens (including phenoxy) is 2. The van der Waals surface area contributed by atoms with E-state index < -0.39 is 35.3 Å². The monoisotopic (exact) mass is 393 g/mol. The number of benzene rings is 1. The fraction of sp³-hybridized carbons (Fsp3) is 0.444. The lowest BCUT2D eigenvalue weighted by Gasteiger charge is -2.44. The van der Waals surface area contributed by atoms with Gasteiger partial charge in [-0.15, -0.1) is 0 Å². The molecule has 4 unspecified atom stereocenters. The van der Waals surface area contributed by atoms with Crippen molar-refractivity contribution >= 4 is 35.0 Å². The molecule has 8 nitrogen and oxygen atoms in total. The summed E-state index contributed by atoms with van der Waals surface area (Å²) >= 11 is 4.77. The summed E-state index contributed by atoms with van der Waals surface area (Å²) in [6, 6.07) is 8.93. The number of nitrogens with two attached hydrogens (primary N) is 1. The van der Waals surface area contributed by atoms with Crippen LogP contribution < -0.4 is 11.2 Å². The molecule has 0 heterocycles. The van der Waals surface area contributed by atoms with Crippen LogP contribution in [0.3, 0.4) is 0 Å². The Morgan fingerprint density at radius 1 is 1.26 bits per heavy atom. The molecule has 0 amide bonds. The predicted octanol–water partition coefficient (Wildman–Crippen LogP) is 0.693. The maximum Gasteiger partial charge on any atom is 0.315 e. The van der Waals surface area contributed by atoms with Crippen molar-refractivity contribution in [2.24, 2.45) is 22.7 Å². The molecular weight excluding hydrogens is 370 g/mol. The first kappa shape index (κ1) is 20.8. The number of nitrogens with zero attached hydrogens (tertiary/aromatic N) is 1. The van der Waals surface area contributed by atoms with E-state index in [0.717, 1.165) is 0 Å². The highest BCUT2D eigenvalue weighted by Crippen LogP contribution is 2.46. The quantitative estimate of drug-likeness (QED) is 0.388. The molecule has 0 aliphatic heterocycles. The van der Waals surface area contributed by atoms with Crippen molar-refractivity contribution in [3.05, 3.63) is 35.9 Å². The van der Waals surface area contributed by atoms with Gasteiger partial charge in [0.05, 0.1) is 31.5 Å². The Kier molecular flexibility index (Phi) is 6.50. The summed E-state index contributed by atoms with van der Waals surface area (Å²) in [4.78, 5) is 25.2. The summed E-state index contributed by atoms with van der Waals surface area (Å²) in [6.45, 7) is 1.51. The molecule has 1 saturated carbocycles. The van der Waals surface area contributed by atoms with Crippen molar-refractivity contribution in [1.82, 2.24) is 5.43 Å². The van der Waals surface area contributed by atoms with E-state index in [1.165, 1.54) is 21.1 Å². The number of esters is 2. The van der Waals surface area contributed by atoms with Crippen molar-refractivity contribution in [3.8, 4) is 0 Å². The van der Waals surface area contributed by atoms with Crippen molar-refractivity contribution in [2.45, 2.75) is 24.9 Å². The van der Waals surface area contributed by atoms with Crippen LogP contribution in [0.4, 0.5) is 0 Å². The lowest BCUT2D eigenvalue weighted by atomic mass is 9.61. The molecule has 1 aliphatic rings. The number of rotatable bonds is 4. The normalized spacial score (nSPS) is 29.0. The summed E-state index contributed by atoms with van der Waals surface area (Å²) in [5.74, 6) is -3.89. The molecule has 0 radical (unpaired) electrons. The first-order valence-corrected chi connectivity index (χ1v) is 8.68. The number of hydrogen-bond donors (Lipinski definition) is 3. The topological polar surface area (TPSA) is 123 Å². The molecule has 4 atom stereocenters. The van der Waals surface area contributed by atoms with E-state index in [0.29, 0.717) is 5.56 Å². The molecule has 0 spiro atoms. The van der Waals surface area contributed by atoms with Gasteiger partial charge in [0.2, 0.25) is 0 Å². The van der Waals surface area contributed by atoms with Crippen LogP contribution in [0.1, 0.15) is 24.8 Å². The summed E-state index contributed by atoms with van der Waals surface area (Å²) in [5.41, 5.74) is 7.33. The summed E-state index contributed by atoms with van der Waals surface area (Å²) < 4.78 is 9.89. The molecule has 2 rings (SSSR count). The Morgan fingerprint density at radius 2 is 1.85 bits per heavy atom. The molecule has 1 aromatic rings. The van der Waals surface area contributed by atoms with Gasteiger partial charge in [-0.3, -0.25) is 15.0 Å². The zero-order valence-electron chi connectivity index (χ0n) is 15.3. The number of nitrogens with one attached hydrogen (secondary N) is 1. The van der Waals surface area contributed by atoms with Gasteiger partial charge in [0.25, 0.3) is 0 Å². The Hall–Kier alpha value is -2.52. The van der Waals surface area contributed by atoms with Crippen LogP contribution >= 0.6 is 12.2 Å². The highest BCUT2D eigenvalue weighted by Gasteiger charge is 2.56. The van der Waals surface area contributed by atoms with Crippen LogP contribution in [-0.2, 0) is 19.1 Å². The lowest BCUT2D eigenvalue weighted by Crippen LogP contribution is -2.55. The van der Waals surface area contributed by atoms with Crippen LogP contribution in [0.15, 0.2) is 35.4 Å². The molecule has 0 bridgehead atoms. The van der Waals surface area contributed by atoms with E-state index in [2.05, 4.69) is 10.5 Å². The maximum absolute atomic E-state index is 12.6. The molecule has 0 saturated heterocycles. The van der Waals surface area contributed by atoms with Crippen LogP contribution in [0.2, 0.25) is 0 Å². The zero-order valence-corrected chi connectivity index (χ0v) is 16.2. The third kappa shape index (κ3) is 4.42. The van der Waals surface area contributed by atoms with Gasteiger partial charge < -0.3 is 20.3 Å². The van der Waals surface area contributed by atoms with Crippen LogP contribution in [0, 0.1) is 11.8 Å². The van der Waals surface area contributed by atoms with Crippen molar-refractivity contribution in [1.29, 1.82) is 0 Å².